The van der Waals surface area contributed by atoms with Crippen LogP contribution in [0.25, 0.3) is 0 Å². The van der Waals surface area contributed by atoms with Crippen LogP contribution in [0.2, 0.25) is 0 Å². The maximum atomic E-state index is 14.1. The van der Waals surface area contributed by atoms with Crippen LogP contribution in [0, 0.1) is 0 Å². The van der Waals surface area contributed by atoms with E-state index in [1.807, 2.05) is 57.4 Å². The second-order valence-corrected chi connectivity index (χ2v) is 12.6. The van der Waals surface area contributed by atoms with E-state index >= 15 is 0 Å². The van der Waals surface area contributed by atoms with E-state index in [4.69, 9.17) is 4.74 Å². The van der Waals surface area contributed by atoms with Crippen molar-refractivity contribution in [1.29, 1.82) is 0 Å². The number of sulfonamides is 1. The van der Waals surface area contributed by atoms with E-state index in [0.29, 0.717) is 18.8 Å². The molecule has 2 atom stereocenters. The fourth-order valence-electron chi connectivity index (χ4n) is 4.36. The SMILES string of the molecule is CCOc1ccccc1N(CC(=O)N(CCc1ccccc1)[C@H](C)C(=O)N[C@H](C)CC)S(=O)(=O)c1ccc(SC)cc1. The van der Waals surface area contributed by atoms with E-state index in [1.54, 1.807) is 43.3 Å². The number of nitrogens with zero attached hydrogens (tertiary/aromatic N) is 2. The lowest BCUT2D eigenvalue weighted by Gasteiger charge is -2.33. The van der Waals surface area contributed by atoms with Crippen molar-refractivity contribution in [3.05, 3.63) is 84.4 Å². The monoisotopic (exact) mass is 611 g/mol. The first-order valence-electron chi connectivity index (χ1n) is 14.1. The number of hydrogen-bond acceptors (Lipinski definition) is 6. The molecule has 2 amide bonds. The van der Waals surface area contributed by atoms with Gasteiger partial charge in [0.05, 0.1) is 17.2 Å². The summed E-state index contributed by atoms with van der Waals surface area (Å²) in [6, 6.07) is 22.1. The van der Waals surface area contributed by atoms with Crippen molar-refractivity contribution in [3.8, 4) is 5.75 Å². The lowest BCUT2D eigenvalue weighted by molar-refractivity contribution is -0.139. The van der Waals surface area contributed by atoms with E-state index in [9.17, 15) is 18.0 Å². The number of carbonyl (C=O) groups excluding carboxylic acids is 2. The van der Waals surface area contributed by atoms with Gasteiger partial charge >= 0.3 is 0 Å². The zero-order chi connectivity index (χ0) is 30.7. The van der Waals surface area contributed by atoms with Crippen molar-refractivity contribution in [2.24, 2.45) is 0 Å². The maximum absolute atomic E-state index is 14.1. The lowest BCUT2D eigenvalue weighted by Crippen LogP contribution is -2.53. The topological polar surface area (TPSA) is 96.0 Å². The first-order chi connectivity index (χ1) is 20.1. The molecule has 3 aromatic rings. The molecule has 3 rings (SSSR count). The average molecular weight is 612 g/mol. The molecule has 0 saturated carbocycles. The number of benzene rings is 3. The Hall–Kier alpha value is -3.50. The summed E-state index contributed by atoms with van der Waals surface area (Å²) < 4.78 is 35.1. The van der Waals surface area contributed by atoms with Crippen molar-refractivity contribution in [3.63, 3.8) is 0 Å². The maximum Gasteiger partial charge on any atom is 0.264 e. The summed E-state index contributed by atoms with van der Waals surface area (Å²) in [7, 11) is -4.19. The van der Waals surface area contributed by atoms with Gasteiger partial charge in [-0.1, -0.05) is 49.4 Å². The van der Waals surface area contributed by atoms with Gasteiger partial charge in [-0.05, 0) is 81.8 Å². The summed E-state index contributed by atoms with van der Waals surface area (Å²) in [6.07, 6.45) is 3.16. The van der Waals surface area contributed by atoms with Gasteiger partial charge in [0.15, 0.2) is 0 Å². The Morgan fingerprint density at radius 1 is 0.929 bits per heavy atom. The highest BCUT2D eigenvalue weighted by molar-refractivity contribution is 7.98. The van der Waals surface area contributed by atoms with Gasteiger partial charge in [-0.3, -0.25) is 13.9 Å². The highest BCUT2D eigenvalue weighted by Gasteiger charge is 2.33. The van der Waals surface area contributed by atoms with Crippen molar-refractivity contribution < 1.29 is 22.7 Å². The van der Waals surface area contributed by atoms with E-state index < -0.39 is 28.5 Å². The Bertz CT molecular complexity index is 1420. The molecule has 1 N–H and O–H groups in total. The number of amides is 2. The quantitative estimate of drug-likeness (QED) is 0.232. The molecule has 3 aromatic carbocycles. The molecular formula is C32H41N3O5S2. The van der Waals surface area contributed by atoms with Crippen LogP contribution < -0.4 is 14.4 Å². The Balaban J connectivity index is 2.03. The van der Waals surface area contributed by atoms with Crippen LogP contribution in [0.1, 0.15) is 39.7 Å². The second-order valence-electron chi connectivity index (χ2n) is 9.90. The summed E-state index contributed by atoms with van der Waals surface area (Å²) in [6.45, 7) is 7.41. The molecule has 0 unspecified atom stereocenters. The van der Waals surface area contributed by atoms with Crippen LogP contribution >= 0.6 is 11.8 Å². The molecule has 226 valence electrons. The highest BCUT2D eigenvalue weighted by Crippen LogP contribution is 2.33. The average Bonchev–Trinajstić information content (AvgIpc) is 3.00. The summed E-state index contributed by atoms with van der Waals surface area (Å²) >= 11 is 1.50. The molecule has 0 aliphatic rings. The minimum atomic E-state index is -4.19. The summed E-state index contributed by atoms with van der Waals surface area (Å²) in [4.78, 5) is 29.7. The molecule has 0 saturated heterocycles. The van der Waals surface area contributed by atoms with Gasteiger partial charge in [0.25, 0.3) is 10.0 Å². The molecule has 42 heavy (non-hydrogen) atoms. The third-order valence-corrected chi connectivity index (χ3v) is 9.53. The normalized spacial score (nSPS) is 12.7. The van der Waals surface area contributed by atoms with Crippen molar-refractivity contribution in [1.82, 2.24) is 10.2 Å². The molecule has 0 aliphatic carbocycles. The van der Waals surface area contributed by atoms with Gasteiger partial charge in [0.1, 0.15) is 18.3 Å². The zero-order valence-corrected chi connectivity index (χ0v) is 26.6. The Morgan fingerprint density at radius 3 is 2.19 bits per heavy atom. The number of thioether (sulfide) groups is 1. The summed E-state index contributed by atoms with van der Waals surface area (Å²) in [5, 5.41) is 2.95. The van der Waals surface area contributed by atoms with Gasteiger partial charge in [0.2, 0.25) is 11.8 Å². The number of anilines is 1. The van der Waals surface area contributed by atoms with Crippen LogP contribution in [0.5, 0.6) is 5.75 Å². The predicted octanol–water partition coefficient (Wildman–Crippen LogP) is 5.38. The predicted molar refractivity (Wildman–Crippen MR) is 170 cm³/mol. The molecule has 8 nitrogen and oxygen atoms in total. The van der Waals surface area contributed by atoms with E-state index in [-0.39, 0.29) is 29.1 Å². The zero-order valence-electron chi connectivity index (χ0n) is 24.9. The van der Waals surface area contributed by atoms with Gasteiger partial charge in [-0.15, -0.1) is 11.8 Å². The Kier molecular flexibility index (Phi) is 12.3. The third-order valence-electron chi connectivity index (χ3n) is 7.01. The fourth-order valence-corrected chi connectivity index (χ4v) is 6.20. The molecule has 0 aromatic heterocycles. The number of hydrogen-bond donors (Lipinski definition) is 1. The Labute approximate surface area is 254 Å². The van der Waals surface area contributed by atoms with Crippen molar-refractivity contribution in [2.45, 2.75) is 62.4 Å². The molecule has 0 fully saturated rings. The van der Waals surface area contributed by atoms with E-state index in [1.165, 1.54) is 28.8 Å². The number of carbonyl (C=O) groups is 2. The number of nitrogens with one attached hydrogen (secondary N) is 1. The van der Waals surface area contributed by atoms with Crippen molar-refractivity contribution in [2.75, 3.05) is 30.3 Å². The smallest absolute Gasteiger partial charge is 0.264 e. The second kappa shape index (κ2) is 15.7. The van der Waals surface area contributed by atoms with Crippen molar-refractivity contribution >= 4 is 39.3 Å². The molecule has 0 aliphatic heterocycles. The summed E-state index contributed by atoms with van der Waals surface area (Å²) in [5.74, 6) is -0.439. The van der Waals surface area contributed by atoms with Gasteiger partial charge < -0.3 is 15.0 Å². The molecule has 10 heteroatoms. The lowest BCUT2D eigenvalue weighted by atomic mass is 10.1. The molecule has 0 bridgehead atoms. The van der Waals surface area contributed by atoms with Gasteiger partial charge in [0, 0.05) is 17.5 Å². The molecular weight excluding hydrogens is 571 g/mol. The molecule has 0 spiro atoms. The number of ether oxygens (including phenoxy) is 1. The highest BCUT2D eigenvalue weighted by atomic mass is 32.2. The molecule has 0 radical (unpaired) electrons. The van der Waals surface area contributed by atoms with Gasteiger partial charge in [-0.25, -0.2) is 8.42 Å². The number of para-hydroxylation sites is 2. The standard InChI is InChI=1S/C32H41N3O5S2/c1-6-24(3)33-32(37)25(4)34(22-21-26-13-9-8-10-14-26)31(36)23-35(29-15-11-12-16-30(29)40-7-2)42(38,39)28-19-17-27(41-5)18-20-28/h8-20,24-25H,6-7,21-23H2,1-5H3,(H,33,37)/t24-,25-/m1/s1. The van der Waals surface area contributed by atoms with Crippen LogP contribution in [0.15, 0.2) is 88.7 Å². The van der Waals surface area contributed by atoms with Crippen LogP contribution in [-0.2, 0) is 26.0 Å². The minimum Gasteiger partial charge on any atom is -0.492 e. The third kappa shape index (κ3) is 8.51. The van der Waals surface area contributed by atoms with Crippen LogP contribution in [-0.4, -0.2) is 63.2 Å². The van der Waals surface area contributed by atoms with E-state index in [2.05, 4.69) is 5.32 Å². The largest absolute Gasteiger partial charge is 0.492 e. The van der Waals surface area contributed by atoms with Gasteiger partial charge in [-0.2, -0.15) is 0 Å². The van der Waals surface area contributed by atoms with Crippen LogP contribution in [0.3, 0.4) is 0 Å². The summed E-state index contributed by atoms with van der Waals surface area (Å²) in [5.41, 5.74) is 1.26. The minimum absolute atomic E-state index is 0.0535. The fraction of sp³-hybridized carbons (Fsp3) is 0.375. The van der Waals surface area contributed by atoms with E-state index in [0.717, 1.165) is 21.2 Å². The first kappa shape index (κ1) is 33.0. The van der Waals surface area contributed by atoms with Crippen LogP contribution in [0.4, 0.5) is 5.69 Å². The number of rotatable bonds is 15. The first-order valence-corrected chi connectivity index (χ1v) is 16.8. The molecule has 0 heterocycles. The Morgan fingerprint density at radius 2 is 1.57 bits per heavy atom.